The molecule has 1 saturated carbocycles. The van der Waals surface area contributed by atoms with Crippen LogP contribution in [0.5, 0.6) is 6.01 Å². The molecule has 11 heteroatoms. The number of benzene rings is 1. The van der Waals surface area contributed by atoms with Gasteiger partial charge in [0.15, 0.2) is 5.82 Å². The normalized spacial score (nSPS) is 22.1. The van der Waals surface area contributed by atoms with Crippen LogP contribution >= 0.6 is 27.5 Å². The van der Waals surface area contributed by atoms with Gasteiger partial charge in [-0.05, 0) is 68.2 Å². The van der Waals surface area contributed by atoms with Crippen LogP contribution in [0, 0.1) is 11.2 Å². The number of unbranched alkanes of at least 4 members (excludes halogenated alkanes) is 1. The lowest BCUT2D eigenvalue weighted by molar-refractivity contribution is 0.0776. The number of amides is 1. The fourth-order valence-corrected chi connectivity index (χ4v) is 6.10. The molecule has 0 radical (unpaired) electrons. The van der Waals surface area contributed by atoms with Gasteiger partial charge in [0.25, 0.3) is 0 Å². The lowest BCUT2D eigenvalue weighted by atomic mass is 10.1. The Hall–Kier alpha value is -1.91. The number of rotatable bonds is 9. The molecule has 1 aliphatic carbocycles. The van der Waals surface area contributed by atoms with Crippen LogP contribution in [-0.4, -0.2) is 84.9 Å². The SMILES string of the molecule is CCCCOC(=O)N1C2CCC1CN(c1nc(OCC3(CN(C)C)CC3)nc3c(F)c(Br)c(Cl)cc13)C2. The van der Waals surface area contributed by atoms with Crippen LogP contribution in [-0.2, 0) is 4.74 Å². The van der Waals surface area contributed by atoms with E-state index < -0.39 is 5.82 Å². The molecule has 2 aromatic rings. The predicted molar refractivity (Wildman–Crippen MR) is 145 cm³/mol. The second kappa shape index (κ2) is 10.7. The molecule has 2 saturated heterocycles. The number of halogens is 3. The predicted octanol–water partition coefficient (Wildman–Crippen LogP) is 5.50. The second-order valence-electron chi connectivity index (χ2n) is 10.9. The summed E-state index contributed by atoms with van der Waals surface area (Å²) in [4.78, 5) is 28.2. The Morgan fingerprint density at radius 2 is 1.97 bits per heavy atom. The Bertz CT molecular complexity index is 1170. The largest absolute Gasteiger partial charge is 0.463 e. The van der Waals surface area contributed by atoms with Crippen molar-refractivity contribution in [2.45, 2.75) is 57.5 Å². The van der Waals surface area contributed by atoms with Crippen LogP contribution in [0.4, 0.5) is 15.0 Å². The summed E-state index contributed by atoms with van der Waals surface area (Å²) in [6.07, 6.45) is 5.54. The van der Waals surface area contributed by atoms with Crippen molar-refractivity contribution in [2.75, 3.05) is 51.8 Å². The minimum atomic E-state index is -0.536. The number of carbonyl (C=O) groups excluding carboxylic acids is 1. The molecule has 2 unspecified atom stereocenters. The van der Waals surface area contributed by atoms with Crippen LogP contribution in [0.15, 0.2) is 10.5 Å². The molecule has 1 amide bonds. The maximum atomic E-state index is 15.4. The van der Waals surface area contributed by atoms with Crippen molar-refractivity contribution >= 4 is 50.3 Å². The van der Waals surface area contributed by atoms with Gasteiger partial charge in [-0.15, -0.1) is 0 Å². The number of fused-ring (bicyclic) bond motifs is 3. The summed E-state index contributed by atoms with van der Waals surface area (Å²) in [5, 5.41) is 0.790. The van der Waals surface area contributed by atoms with Gasteiger partial charge < -0.3 is 19.3 Å². The fourth-order valence-electron chi connectivity index (χ4n) is 5.61. The highest BCUT2D eigenvalue weighted by Gasteiger charge is 2.45. The Morgan fingerprint density at radius 3 is 2.59 bits per heavy atom. The molecule has 3 fully saturated rings. The summed E-state index contributed by atoms with van der Waals surface area (Å²) in [7, 11) is 4.10. The third-order valence-corrected chi connectivity index (χ3v) is 8.92. The number of hydrogen-bond donors (Lipinski definition) is 0. The van der Waals surface area contributed by atoms with E-state index in [0.29, 0.717) is 37.5 Å². The van der Waals surface area contributed by atoms with Gasteiger partial charge in [0.1, 0.15) is 11.3 Å². The molecule has 2 bridgehead atoms. The van der Waals surface area contributed by atoms with Gasteiger partial charge in [0.05, 0.1) is 34.8 Å². The van der Waals surface area contributed by atoms with E-state index in [-0.39, 0.29) is 44.6 Å². The lowest BCUT2D eigenvalue weighted by Gasteiger charge is -2.41. The summed E-state index contributed by atoms with van der Waals surface area (Å²) >= 11 is 9.60. The molecule has 3 heterocycles. The Labute approximate surface area is 230 Å². The zero-order chi connectivity index (χ0) is 26.3. The summed E-state index contributed by atoms with van der Waals surface area (Å²) in [6, 6.07) is 1.88. The standard InChI is InChI=1S/C26H34BrClFN5O3/c1-4-5-10-36-25(35)34-16-6-7-17(34)13-33(12-16)23-18-11-19(28)20(27)21(29)22(18)30-24(31-23)37-15-26(8-9-26)14-32(2)3/h11,16-17H,4-10,12-15H2,1-3H3. The van der Waals surface area contributed by atoms with Crippen LogP contribution in [0.1, 0.15) is 45.4 Å². The second-order valence-corrected chi connectivity index (χ2v) is 12.1. The maximum Gasteiger partial charge on any atom is 0.410 e. The first-order valence-corrected chi connectivity index (χ1v) is 14.2. The highest BCUT2D eigenvalue weighted by atomic mass is 79.9. The topological polar surface area (TPSA) is 71.0 Å². The van der Waals surface area contributed by atoms with E-state index in [0.717, 1.165) is 45.1 Å². The van der Waals surface area contributed by atoms with E-state index in [1.54, 1.807) is 6.07 Å². The number of ether oxygens (including phenoxy) is 2. The van der Waals surface area contributed by atoms with Crippen LogP contribution in [0.2, 0.25) is 5.02 Å². The molecule has 8 nitrogen and oxygen atoms in total. The Kier molecular flexibility index (Phi) is 7.71. The molecule has 2 atom stereocenters. The van der Waals surface area contributed by atoms with Crippen molar-refractivity contribution in [1.82, 2.24) is 19.8 Å². The van der Waals surface area contributed by atoms with Gasteiger partial charge >= 0.3 is 12.1 Å². The minimum absolute atomic E-state index is 0.00727. The van der Waals surface area contributed by atoms with Crippen molar-refractivity contribution in [3.63, 3.8) is 0 Å². The number of nitrogens with zero attached hydrogens (tertiary/aromatic N) is 5. The molecular formula is C26H34BrClFN5O3. The first-order chi connectivity index (χ1) is 17.7. The number of carbonyl (C=O) groups is 1. The molecule has 1 aromatic carbocycles. The number of hydrogen-bond acceptors (Lipinski definition) is 7. The van der Waals surface area contributed by atoms with E-state index in [2.05, 4.69) is 51.7 Å². The van der Waals surface area contributed by atoms with E-state index in [4.69, 9.17) is 26.1 Å². The van der Waals surface area contributed by atoms with E-state index in [1.807, 2.05) is 4.90 Å². The molecule has 2 aliphatic heterocycles. The third kappa shape index (κ3) is 5.47. The third-order valence-electron chi connectivity index (χ3n) is 7.62. The van der Waals surface area contributed by atoms with Crippen molar-refractivity contribution in [1.29, 1.82) is 0 Å². The van der Waals surface area contributed by atoms with Crippen molar-refractivity contribution < 1.29 is 18.7 Å². The average Bonchev–Trinajstić information content (AvgIpc) is 3.57. The molecule has 0 spiro atoms. The summed E-state index contributed by atoms with van der Waals surface area (Å²) in [5.41, 5.74) is 0.256. The molecule has 202 valence electrons. The van der Waals surface area contributed by atoms with Crippen LogP contribution in [0.25, 0.3) is 10.9 Å². The first-order valence-electron chi connectivity index (χ1n) is 13.0. The number of aromatic nitrogens is 2. The maximum absolute atomic E-state index is 15.4. The van der Waals surface area contributed by atoms with Gasteiger partial charge in [-0.3, -0.25) is 4.90 Å². The highest BCUT2D eigenvalue weighted by molar-refractivity contribution is 9.10. The molecular weight excluding hydrogens is 565 g/mol. The zero-order valence-corrected chi connectivity index (χ0v) is 23.9. The van der Waals surface area contributed by atoms with E-state index in [1.165, 1.54) is 0 Å². The summed E-state index contributed by atoms with van der Waals surface area (Å²) < 4.78 is 27.2. The quantitative estimate of drug-likeness (QED) is 0.279. The summed E-state index contributed by atoms with van der Waals surface area (Å²) in [5.74, 6) is 0.0493. The van der Waals surface area contributed by atoms with Crippen molar-refractivity contribution in [2.24, 2.45) is 5.41 Å². The number of anilines is 1. The summed E-state index contributed by atoms with van der Waals surface area (Å²) in [6.45, 7) is 5.06. The van der Waals surface area contributed by atoms with Gasteiger partial charge in [-0.25, -0.2) is 9.18 Å². The van der Waals surface area contributed by atoms with Crippen molar-refractivity contribution in [3.05, 3.63) is 21.4 Å². The lowest BCUT2D eigenvalue weighted by Crippen LogP contribution is -2.56. The number of piperazine rings is 1. The Balaban J connectivity index is 1.43. The van der Waals surface area contributed by atoms with Gasteiger partial charge in [0.2, 0.25) is 0 Å². The average molecular weight is 599 g/mol. The van der Waals surface area contributed by atoms with Crippen molar-refractivity contribution in [3.8, 4) is 6.01 Å². The molecule has 1 aromatic heterocycles. The monoisotopic (exact) mass is 597 g/mol. The smallest absolute Gasteiger partial charge is 0.410 e. The molecule has 0 N–H and O–H groups in total. The Morgan fingerprint density at radius 1 is 1.27 bits per heavy atom. The van der Waals surface area contributed by atoms with Gasteiger partial charge in [0, 0.05) is 30.4 Å². The van der Waals surface area contributed by atoms with Gasteiger partial charge in [-0.1, -0.05) is 24.9 Å². The van der Waals surface area contributed by atoms with Crippen LogP contribution < -0.4 is 9.64 Å². The highest BCUT2D eigenvalue weighted by Crippen LogP contribution is 2.46. The van der Waals surface area contributed by atoms with E-state index in [9.17, 15) is 4.79 Å². The molecule has 37 heavy (non-hydrogen) atoms. The molecule has 5 rings (SSSR count). The molecule has 3 aliphatic rings. The zero-order valence-electron chi connectivity index (χ0n) is 21.6. The van der Waals surface area contributed by atoms with Crippen LogP contribution in [0.3, 0.4) is 0 Å². The fraction of sp³-hybridized carbons (Fsp3) is 0.654. The van der Waals surface area contributed by atoms with Gasteiger partial charge in [-0.2, -0.15) is 9.97 Å². The van der Waals surface area contributed by atoms with E-state index >= 15 is 4.39 Å². The minimum Gasteiger partial charge on any atom is -0.463 e. The first kappa shape index (κ1) is 26.7.